The van der Waals surface area contributed by atoms with Crippen LogP contribution in [0.15, 0.2) is 30.3 Å². The van der Waals surface area contributed by atoms with Crippen molar-refractivity contribution in [3.8, 4) is 0 Å². The van der Waals surface area contributed by atoms with E-state index in [-0.39, 0.29) is 5.91 Å². The lowest BCUT2D eigenvalue weighted by Gasteiger charge is -2.30. The summed E-state index contributed by atoms with van der Waals surface area (Å²) in [6, 6.07) is 10.1. The van der Waals surface area contributed by atoms with Crippen LogP contribution in [0.3, 0.4) is 0 Å². The Morgan fingerprint density at radius 2 is 1.96 bits per heavy atom. The zero-order chi connectivity index (χ0) is 17.8. The van der Waals surface area contributed by atoms with Gasteiger partial charge in [0.25, 0.3) is 5.91 Å². The standard InChI is InChI=1S/C20H26N4O/c1-14-7-9-24(10-8-14)19(25)18-12-16(3)22-20(23-18)21-13-17-6-4-5-15(2)11-17/h4-6,11-12,14H,7-10,13H2,1-3H3,(H,21,22,23). The third-order valence-electron chi connectivity index (χ3n) is 4.68. The lowest BCUT2D eigenvalue weighted by Crippen LogP contribution is -2.38. The first-order valence-corrected chi connectivity index (χ1v) is 8.95. The van der Waals surface area contributed by atoms with Gasteiger partial charge in [-0.2, -0.15) is 0 Å². The van der Waals surface area contributed by atoms with Crippen molar-refractivity contribution in [1.29, 1.82) is 0 Å². The van der Waals surface area contributed by atoms with Gasteiger partial charge in [0, 0.05) is 25.3 Å². The van der Waals surface area contributed by atoms with Crippen LogP contribution in [-0.4, -0.2) is 33.9 Å². The quantitative estimate of drug-likeness (QED) is 0.926. The summed E-state index contributed by atoms with van der Waals surface area (Å²) in [6.07, 6.45) is 2.13. The van der Waals surface area contributed by atoms with Gasteiger partial charge in [-0.15, -0.1) is 0 Å². The van der Waals surface area contributed by atoms with Crippen LogP contribution < -0.4 is 5.32 Å². The molecule has 1 amide bonds. The molecule has 0 bridgehead atoms. The first-order chi connectivity index (χ1) is 12.0. The van der Waals surface area contributed by atoms with Gasteiger partial charge in [0.2, 0.25) is 5.95 Å². The molecule has 0 unspecified atom stereocenters. The van der Waals surface area contributed by atoms with Crippen molar-refractivity contribution in [1.82, 2.24) is 14.9 Å². The van der Waals surface area contributed by atoms with Crippen molar-refractivity contribution in [3.63, 3.8) is 0 Å². The number of aromatic nitrogens is 2. The second kappa shape index (κ2) is 7.64. The predicted molar refractivity (Wildman–Crippen MR) is 99.6 cm³/mol. The molecular formula is C20H26N4O. The van der Waals surface area contributed by atoms with Gasteiger partial charge in [-0.05, 0) is 44.2 Å². The zero-order valence-electron chi connectivity index (χ0n) is 15.2. The molecule has 132 valence electrons. The molecule has 0 saturated carbocycles. The number of hydrogen-bond donors (Lipinski definition) is 1. The maximum Gasteiger partial charge on any atom is 0.272 e. The van der Waals surface area contributed by atoms with E-state index in [0.29, 0.717) is 24.1 Å². The molecule has 1 saturated heterocycles. The highest BCUT2D eigenvalue weighted by Gasteiger charge is 2.23. The third kappa shape index (κ3) is 4.56. The van der Waals surface area contributed by atoms with Crippen LogP contribution in [0, 0.1) is 19.8 Å². The number of anilines is 1. The Bertz CT molecular complexity index is 751. The number of aryl methyl sites for hydroxylation is 2. The van der Waals surface area contributed by atoms with Gasteiger partial charge < -0.3 is 10.2 Å². The number of hydrogen-bond acceptors (Lipinski definition) is 4. The highest BCUT2D eigenvalue weighted by molar-refractivity contribution is 5.92. The fourth-order valence-corrected chi connectivity index (χ4v) is 3.13. The first kappa shape index (κ1) is 17.4. The topological polar surface area (TPSA) is 58.1 Å². The van der Waals surface area contributed by atoms with Gasteiger partial charge in [0.05, 0.1) is 0 Å². The van der Waals surface area contributed by atoms with Crippen molar-refractivity contribution < 1.29 is 4.79 Å². The Labute approximate surface area is 149 Å². The van der Waals surface area contributed by atoms with E-state index in [1.807, 2.05) is 17.9 Å². The fourth-order valence-electron chi connectivity index (χ4n) is 3.13. The molecule has 1 aliphatic rings. The lowest BCUT2D eigenvalue weighted by atomic mass is 9.99. The van der Waals surface area contributed by atoms with Crippen LogP contribution in [0.25, 0.3) is 0 Å². The number of nitrogens with one attached hydrogen (secondary N) is 1. The second-order valence-electron chi connectivity index (χ2n) is 7.04. The number of nitrogens with zero attached hydrogens (tertiary/aromatic N) is 3. The zero-order valence-corrected chi connectivity index (χ0v) is 15.2. The number of likely N-dealkylation sites (tertiary alicyclic amines) is 1. The molecule has 0 radical (unpaired) electrons. The number of carbonyl (C=O) groups excluding carboxylic acids is 1. The molecule has 0 spiro atoms. The van der Waals surface area contributed by atoms with E-state index >= 15 is 0 Å². The summed E-state index contributed by atoms with van der Waals surface area (Å²) in [5.74, 6) is 1.22. The average Bonchev–Trinajstić information content (AvgIpc) is 2.60. The van der Waals surface area contributed by atoms with Crippen LogP contribution in [0.2, 0.25) is 0 Å². The Hall–Kier alpha value is -2.43. The van der Waals surface area contributed by atoms with Gasteiger partial charge in [-0.1, -0.05) is 36.8 Å². The molecular weight excluding hydrogens is 312 g/mol. The van der Waals surface area contributed by atoms with E-state index in [2.05, 4.69) is 47.3 Å². The summed E-state index contributed by atoms with van der Waals surface area (Å²) in [5, 5.41) is 3.24. The average molecular weight is 338 g/mol. The number of amides is 1. The van der Waals surface area contributed by atoms with Crippen LogP contribution in [0.4, 0.5) is 5.95 Å². The summed E-state index contributed by atoms with van der Waals surface area (Å²) < 4.78 is 0. The maximum atomic E-state index is 12.7. The molecule has 0 aliphatic carbocycles. The fraction of sp³-hybridized carbons (Fsp3) is 0.450. The van der Waals surface area contributed by atoms with Crippen molar-refractivity contribution in [2.75, 3.05) is 18.4 Å². The SMILES string of the molecule is Cc1cccc(CNc2nc(C)cc(C(=O)N3CCC(C)CC3)n2)c1. The van der Waals surface area contributed by atoms with E-state index in [9.17, 15) is 4.79 Å². The molecule has 25 heavy (non-hydrogen) atoms. The molecule has 1 aliphatic heterocycles. The number of benzene rings is 1. The summed E-state index contributed by atoms with van der Waals surface area (Å²) in [7, 11) is 0. The van der Waals surface area contributed by atoms with Crippen LogP contribution in [-0.2, 0) is 6.54 Å². The smallest absolute Gasteiger partial charge is 0.272 e. The molecule has 1 aromatic carbocycles. The summed E-state index contributed by atoms with van der Waals surface area (Å²) in [5.41, 5.74) is 3.67. The molecule has 1 fully saturated rings. The Morgan fingerprint density at radius 3 is 2.68 bits per heavy atom. The first-order valence-electron chi connectivity index (χ1n) is 8.95. The minimum atomic E-state index is 0.0102. The second-order valence-corrected chi connectivity index (χ2v) is 7.04. The molecule has 5 heteroatoms. The van der Waals surface area contributed by atoms with Crippen molar-refractivity contribution >= 4 is 11.9 Å². The van der Waals surface area contributed by atoms with E-state index in [4.69, 9.17) is 0 Å². The molecule has 3 rings (SSSR count). The minimum Gasteiger partial charge on any atom is -0.350 e. The molecule has 1 aromatic heterocycles. The van der Waals surface area contributed by atoms with E-state index in [1.165, 1.54) is 11.1 Å². The van der Waals surface area contributed by atoms with Crippen molar-refractivity contribution in [2.45, 2.75) is 40.2 Å². The van der Waals surface area contributed by atoms with Gasteiger partial charge in [-0.25, -0.2) is 9.97 Å². The summed E-state index contributed by atoms with van der Waals surface area (Å²) in [4.78, 5) is 23.5. The number of piperidine rings is 1. The van der Waals surface area contributed by atoms with Crippen molar-refractivity contribution in [3.05, 3.63) is 52.8 Å². The van der Waals surface area contributed by atoms with E-state index in [1.54, 1.807) is 6.07 Å². The lowest BCUT2D eigenvalue weighted by molar-refractivity contribution is 0.0691. The molecule has 1 N–H and O–H groups in total. The third-order valence-corrected chi connectivity index (χ3v) is 4.68. The Kier molecular flexibility index (Phi) is 5.31. The normalized spacial score (nSPS) is 15.2. The molecule has 0 atom stereocenters. The van der Waals surface area contributed by atoms with Gasteiger partial charge in [0.1, 0.15) is 5.69 Å². The Morgan fingerprint density at radius 1 is 1.20 bits per heavy atom. The number of carbonyl (C=O) groups is 1. The van der Waals surface area contributed by atoms with Crippen molar-refractivity contribution in [2.24, 2.45) is 5.92 Å². The van der Waals surface area contributed by atoms with Gasteiger partial charge in [-0.3, -0.25) is 4.79 Å². The minimum absolute atomic E-state index is 0.0102. The molecule has 2 heterocycles. The maximum absolute atomic E-state index is 12.7. The molecule has 5 nitrogen and oxygen atoms in total. The van der Waals surface area contributed by atoms with Crippen LogP contribution in [0.5, 0.6) is 0 Å². The monoisotopic (exact) mass is 338 g/mol. The van der Waals surface area contributed by atoms with Gasteiger partial charge in [0.15, 0.2) is 0 Å². The highest BCUT2D eigenvalue weighted by Crippen LogP contribution is 2.18. The van der Waals surface area contributed by atoms with Crippen LogP contribution >= 0.6 is 0 Å². The highest BCUT2D eigenvalue weighted by atomic mass is 16.2. The van der Waals surface area contributed by atoms with Gasteiger partial charge >= 0.3 is 0 Å². The largest absolute Gasteiger partial charge is 0.350 e. The number of rotatable bonds is 4. The van der Waals surface area contributed by atoms with E-state index < -0.39 is 0 Å². The molecule has 2 aromatic rings. The van der Waals surface area contributed by atoms with Crippen LogP contribution in [0.1, 0.15) is 47.1 Å². The summed E-state index contributed by atoms with van der Waals surface area (Å²) in [6.45, 7) is 8.48. The summed E-state index contributed by atoms with van der Waals surface area (Å²) >= 11 is 0. The Balaban J connectivity index is 1.70. The van der Waals surface area contributed by atoms with E-state index in [0.717, 1.165) is 31.6 Å². The predicted octanol–water partition coefficient (Wildman–Crippen LogP) is 3.58.